The molecule has 0 bridgehead atoms. The molecule has 4 rings (SSSR count). The Morgan fingerprint density at radius 1 is 1.32 bits per heavy atom. The van der Waals surface area contributed by atoms with Crippen molar-refractivity contribution in [1.82, 2.24) is 5.32 Å². The molecule has 1 aliphatic heterocycles. The van der Waals surface area contributed by atoms with Crippen molar-refractivity contribution in [3.05, 3.63) is 50.5 Å². The van der Waals surface area contributed by atoms with Gasteiger partial charge in [-0.25, -0.2) is 4.39 Å². The fourth-order valence-electron chi connectivity index (χ4n) is 3.63. The highest BCUT2D eigenvalue weighted by atomic mass is 35.5. The van der Waals surface area contributed by atoms with E-state index in [9.17, 15) is 9.18 Å². The highest BCUT2D eigenvalue weighted by Gasteiger charge is 2.22. The Bertz CT molecular complexity index is 805. The second-order valence-corrected chi connectivity index (χ2v) is 7.99. The predicted octanol–water partition coefficient (Wildman–Crippen LogP) is 4.33. The molecule has 0 saturated carbocycles. The molecule has 0 fully saturated rings. The van der Waals surface area contributed by atoms with E-state index in [1.54, 1.807) is 17.4 Å². The van der Waals surface area contributed by atoms with Gasteiger partial charge >= 0.3 is 0 Å². The van der Waals surface area contributed by atoms with E-state index in [0.29, 0.717) is 29.4 Å². The highest BCUT2D eigenvalue weighted by molar-refractivity contribution is 7.14. The SMILES string of the molecule is CC1CCc2sc(C(=O)Nc3ccc4c(c3F)CCNC4)cc2C1.Cl. The Balaban J connectivity index is 0.00000182. The molecular weight excluding hydrogens is 359 g/mol. The van der Waals surface area contributed by atoms with Gasteiger partial charge in [-0.1, -0.05) is 13.0 Å². The van der Waals surface area contributed by atoms with Gasteiger partial charge in [0, 0.05) is 11.4 Å². The summed E-state index contributed by atoms with van der Waals surface area (Å²) < 4.78 is 14.7. The number of halogens is 2. The molecule has 2 N–H and O–H groups in total. The van der Waals surface area contributed by atoms with Crippen LogP contribution in [0.25, 0.3) is 0 Å². The van der Waals surface area contributed by atoms with E-state index >= 15 is 0 Å². The summed E-state index contributed by atoms with van der Waals surface area (Å²) in [7, 11) is 0. The summed E-state index contributed by atoms with van der Waals surface area (Å²) in [4.78, 5) is 14.6. The summed E-state index contributed by atoms with van der Waals surface area (Å²) in [5.74, 6) is 0.196. The first-order valence-electron chi connectivity index (χ1n) is 8.55. The van der Waals surface area contributed by atoms with Gasteiger partial charge in [-0.3, -0.25) is 4.79 Å². The number of carbonyl (C=O) groups excluding carboxylic acids is 1. The summed E-state index contributed by atoms with van der Waals surface area (Å²) in [6.45, 7) is 3.71. The zero-order valence-corrected chi connectivity index (χ0v) is 15.8. The summed E-state index contributed by atoms with van der Waals surface area (Å²) in [5.41, 5.74) is 3.30. The van der Waals surface area contributed by atoms with E-state index < -0.39 is 0 Å². The molecule has 2 aliphatic rings. The summed E-state index contributed by atoms with van der Waals surface area (Å²) in [6, 6.07) is 5.57. The van der Waals surface area contributed by atoms with E-state index in [0.717, 1.165) is 30.5 Å². The van der Waals surface area contributed by atoms with Gasteiger partial charge in [0.15, 0.2) is 0 Å². The van der Waals surface area contributed by atoms with Crippen LogP contribution >= 0.6 is 23.7 Å². The maximum atomic E-state index is 14.7. The number of benzene rings is 1. The fourth-order valence-corrected chi connectivity index (χ4v) is 4.74. The van der Waals surface area contributed by atoms with Crippen molar-refractivity contribution in [2.45, 2.75) is 39.2 Å². The summed E-state index contributed by atoms with van der Waals surface area (Å²) in [6.07, 6.45) is 3.94. The lowest BCUT2D eigenvalue weighted by atomic mass is 9.90. The monoisotopic (exact) mass is 380 g/mol. The van der Waals surface area contributed by atoms with Gasteiger partial charge in [0.2, 0.25) is 0 Å². The lowest BCUT2D eigenvalue weighted by molar-refractivity contribution is 0.103. The Morgan fingerprint density at radius 3 is 3.00 bits per heavy atom. The summed E-state index contributed by atoms with van der Waals surface area (Å²) >= 11 is 1.55. The zero-order valence-electron chi connectivity index (χ0n) is 14.2. The van der Waals surface area contributed by atoms with E-state index in [1.807, 2.05) is 12.1 Å². The van der Waals surface area contributed by atoms with Gasteiger partial charge in [-0.15, -0.1) is 23.7 Å². The topological polar surface area (TPSA) is 41.1 Å². The molecule has 1 amide bonds. The van der Waals surface area contributed by atoms with E-state index in [1.165, 1.54) is 16.9 Å². The van der Waals surface area contributed by atoms with Crippen LogP contribution in [0.5, 0.6) is 0 Å². The maximum Gasteiger partial charge on any atom is 0.265 e. The quantitative estimate of drug-likeness (QED) is 0.814. The van der Waals surface area contributed by atoms with Crippen molar-refractivity contribution >= 4 is 35.3 Å². The predicted molar refractivity (Wildman–Crippen MR) is 103 cm³/mol. The van der Waals surface area contributed by atoms with Crippen molar-refractivity contribution in [2.24, 2.45) is 5.92 Å². The minimum Gasteiger partial charge on any atom is -0.319 e. The Hall–Kier alpha value is -1.43. The normalized spacial score (nSPS) is 18.7. The molecule has 0 spiro atoms. The molecule has 1 aromatic heterocycles. The number of hydrogen-bond donors (Lipinski definition) is 2. The third kappa shape index (κ3) is 3.59. The first-order chi connectivity index (χ1) is 11.6. The third-order valence-electron chi connectivity index (χ3n) is 5.01. The molecule has 134 valence electrons. The first kappa shape index (κ1) is 18.4. The number of fused-ring (bicyclic) bond motifs is 2. The number of nitrogens with one attached hydrogen (secondary N) is 2. The van der Waals surface area contributed by atoms with Crippen molar-refractivity contribution in [2.75, 3.05) is 11.9 Å². The van der Waals surface area contributed by atoms with Gasteiger partial charge in [-0.2, -0.15) is 0 Å². The number of carbonyl (C=O) groups is 1. The first-order valence-corrected chi connectivity index (χ1v) is 9.37. The smallest absolute Gasteiger partial charge is 0.265 e. The average Bonchev–Trinajstić information content (AvgIpc) is 3.01. The van der Waals surface area contributed by atoms with Crippen LogP contribution in [0, 0.1) is 11.7 Å². The minimum absolute atomic E-state index is 0. The van der Waals surface area contributed by atoms with Crippen LogP contribution in [0.3, 0.4) is 0 Å². The molecule has 1 atom stereocenters. The highest BCUT2D eigenvalue weighted by Crippen LogP contribution is 2.33. The zero-order chi connectivity index (χ0) is 16.7. The molecule has 1 aromatic carbocycles. The number of hydrogen-bond acceptors (Lipinski definition) is 3. The molecular formula is C19H22ClFN2OS. The molecule has 2 heterocycles. The summed E-state index contributed by atoms with van der Waals surface area (Å²) in [5, 5.41) is 6.01. The van der Waals surface area contributed by atoms with Gasteiger partial charge in [0.05, 0.1) is 10.6 Å². The average molecular weight is 381 g/mol. The Labute approximate surface area is 157 Å². The van der Waals surface area contributed by atoms with Crippen molar-refractivity contribution < 1.29 is 9.18 Å². The van der Waals surface area contributed by atoms with Crippen LogP contribution < -0.4 is 10.6 Å². The molecule has 1 aliphatic carbocycles. The molecule has 0 radical (unpaired) electrons. The maximum absolute atomic E-state index is 14.7. The van der Waals surface area contributed by atoms with Crippen molar-refractivity contribution in [3.63, 3.8) is 0 Å². The van der Waals surface area contributed by atoms with Crippen molar-refractivity contribution in [1.29, 1.82) is 0 Å². The number of amides is 1. The van der Waals surface area contributed by atoms with Crippen molar-refractivity contribution in [3.8, 4) is 0 Å². The molecule has 6 heteroatoms. The van der Waals surface area contributed by atoms with Gasteiger partial charge in [0.25, 0.3) is 5.91 Å². The number of anilines is 1. The van der Waals surface area contributed by atoms with Crippen LogP contribution in [0.4, 0.5) is 10.1 Å². The van der Waals surface area contributed by atoms with Gasteiger partial charge < -0.3 is 10.6 Å². The lowest BCUT2D eigenvalue weighted by Gasteiger charge is -2.19. The minimum atomic E-state index is -0.280. The molecule has 3 nitrogen and oxygen atoms in total. The molecule has 1 unspecified atom stereocenters. The molecule has 25 heavy (non-hydrogen) atoms. The lowest BCUT2D eigenvalue weighted by Crippen LogP contribution is -2.25. The van der Waals surface area contributed by atoms with E-state index in [-0.39, 0.29) is 24.1 Å². The van der Waals surface area contributed by atoms with Crippen LogP contribution in [-0.4, -0.2) is 12.5 Å². The van der Waals surface area contributed by atoms with E-state index in [2.05, 4.69) is 17.6 Å². The van der Waals surface area contributed by atoms with E-state index in [4.69, 9.17) is 0 Å². The largest absolute Gasteiger partial charge is 0.319 e. The molecule has 2 aromatic rings. The Morgan fingerprint density at radius 2 is 2.16 bits per heavy atom. The molecule has 0 saturated heterocycles. The third-order valence-corrected chi connectivity index (χ3v) is 6.24. The van der Waals surface area contributed by atoms with Gasteiger partial charge in [-0.05, 0) is 67.0 Å². The number of thiophene rings is 1. The van der Waals surface area contributed by atoms with Crippen LogP contribution in [0.15, 0.2) is 18.2 Å². The van der Waals surface area contributed by atoms with Crippen LogP contribution in [0.1, 0.15) is 44.6 Å². The van der Waals surface area contributed by atoms with Crippen LogP contribution in [0.2, 0.25) is 0 Å². The standard InChI is InChI=1S/C19H21FN2OS.ClH/c1-11-2-5-16-13(8-11)9-17(24-16)19(23)22-15-4-3-12-10-21-7-6-14(12)18(15)20;/h3-4,9,11,21H,2,5-8,10H2,1H3,(H,22,23);1H. The number of aryl methyl sites for hydroxylation is 1. The number of rotatable bonds is 2. The van der Waals surface area contributed by atoms with Gasteiger partial charge in [0.1, 0.15) is 5.82 Å². The van der Waals surface area contributed by atoms with Crippen LogP contribution in [-0.2, 0) is 25.8 Å². The Kier molecular flexibility index (Phi) is 5.46. The second kappa shape index (κ2) is 7.44. The second-order valence-electron chi connectivity index (χ2n) is 6.85. The fraction of sp³-hybridized carbons (Fsp3) is 0.421.